The van der Waals surface area contributed by atoms with Gasteiger partial charge in [0.1, 0.15) is 5.76 Å². The molecule has 0 bridgehead atoms. The summed E-state index contributed by atoms with van der Waals surface area (Å²) in [6.07, 6.45) is -2.29. The van der Waals surface area contributed by atoms with Gasteiger partial charge in [-0.25, -0.2) is 0 Å². The zero-order chi connectivity index (χ0) is 10.4. The van der Waals surface area contributed by atoms with Crippen LogP contribution in [0.25, 0.3) is 0 Å². The molecule has 1 heterocycles. The van der Waals surface area contributed by atoms with Crippen LogP contribution >= 0.6 is 0 Å². The first-order valence-corrected chi connectivity index (χ1v) is 4.34. The molecule has 1 fully saturated rings. The summed E-state index contributed by atoms with van der Waals surface area (Å²) in [6, 6.07) is 2.29. The van der Waals surface area contributed by atoms with Gasteiger partial charge in [-0.3, -0.25) is 0 Å². The third kappa shape index (κ3) is 1.92. The van der Waals surface area contributed by atoms with Crippen molar-refractivity contribution in [2.75, 3.05) is 0 Å². The van der Waals surface area contributed by atoms with Crippen LogP contribution in [0.4, 0.5) is 13.2 Å². The molecule has 2 rings (SSSR count). The molecular formula is C9H10F3NO. The molecule has 0 aliphatic heterocycles. The van der Waals surface area contributed by atoms with E-state index in [1.54, 1.807) is 0 Å². The second-order valence-corrected chi connectivity index (χ2v) is 3.80. The van der Waals surface area contributed by atoms with Gasteiger partial charge >= 0.3 is 6.18 Å². The minimum absolute atomic E-state index is 0.317. The first-order chi connectivity index (χ1) is 6.39. The number of furan rings is 1. The highest BCUT2D eigenvalue weighted by molar-refractivity contribution is 5.15. The zero-order valence-electron chi connectivity index (χ0n) is 7.40. The summed E-state index contributed by atoms with van der Waals surface area (Å²) in [5, 5.41) is 0. The van der Waals surface area contributed by atoms with Crippen LogP contribution < -0.4 is 5.73 Å². The number of halogens is 3. The number of alkyl halides is 3. The molecule has 1 aromatic heterocycles. The molecule has 0 saturated heterocycles. The monoisotopic (exact) mass is 205 g/mol. The van der Waals surface area contributed by atoms with Crippen LogP contribution in [-0.4, -0.2) is 5.54 Å². The van der Waals surface area contributed by atoms with Crippen LogP contribution in [0.2, 0.25) is 0 Å². The Hall–Kier alpha value is -0.970. The molecule has 1 aliphatic rings. The first-order valence-electron chi connectivity index (χ1n) is 4.34. The summed E-state index contributed by atoms with van der Waals surface area (Å²) < 4.78 is 41.0. The second kappa shape index (κ2) is 2.76. The van der Waals surface area contributed by atoms with Gasteiger partial charge < -0.3 is 10.2 Å². The Morgan fingerprint density at radius 1 is 1.36 bits per heavy atom. The molecule has 0 amide bonds. The van der Waals surface area contributed by atoms with E-state index < -0.39 is 11.9 Å². The normalized spacial score (nSPS) is 19.7. The maximum atomic E-state index is 12.1. The Labute approximate surface area is 78.9 Å². The quantitative estimate of drug-likeness (QED) is 0.804. The van der Waals surface area contributed by atoms with E-state index in [-0.39, 0.29) is 5.54 Å². The van der Waals surface area contributed by atoms with Crippen molar-refractivity contribution in [3.8, 4) is 0 Å². The lowest BCUT2D eigenvalue weighted by molar-refractivity contribution is -0.153. The average Bonchev–Trinajstić information content (AvgIpc) is 2.61. The lowest BCUT2D eigenvalue weighted by atomic mass is 10.1. The minimum Gasteiger partial charge on any atom is -0.456 e. The highest BCUT2D eigenvalue weighted by Gasteiger charge is 2.40. The van der Waals surface area contributed by atoms with Crippen LogP contribution in [0, 0.1) is 0 Å². The van der Waals surface area contributed by atoms with Gasteiger partial charge in [-0.1, -0.05) is 0 Å². The Bertz CT molecular complexity index is 338. The third-order valence-electron chi connectivity index (χ3n) is 2.36. The molecule has 5 heteroatoms. The fourth-order valence-corrected chi connectivity index (χ4v) is 1.31. The summed E-state index contributed by atoms with van der Waals surface area (Å²) >= 11 is 0. The maximum Gasteiger partial charge on any atom is 0.449 e. The van der Waals surface area contributed by atoms with E-state index in [0.29, 0.717) is 12.2 Å². The van der Waals surface area contributed by atoms with E-state index >= 15 is 0 Å². The molecule has 1 aromatic rings. The van der Waals surface area contributed by atoms with Crippen molar-refractivity contribution >= 4 is 0 Å². The van der Waals surface area contributed by atoms with Crippen molar-refractivity contribution in [3.63, 3.8) is 0 Å². The molecule has 0 atom stereocenters. The fourth-order valence-electron chi connectivity index (χ4n) is 1.31. The number of nitrogens with two attached hydrogens (primary N) is 1. The number of hydrogen-bond acceptors (Lipinski definition) is 2. The standard InChI is InChI=1S/C9H10F3NO/c10-9(11,12)7-2-1-6(14-7)5-8(13)3-4-8/h1-2H,3-5,13H2. The predicted octanol–water partition coefficient (Wildman–Crippen LogP) is 2.33. The molecule has 1 saturated carbocycles. The molecule has 2 nitrogen and oxygen atoms in total. The van der Waals surface area contributed by atoms with Crippen molar-refractivity contribution in [1.29, 1.82) is 0 Å². The molecule has 0 radical (unpaired) electrons. The number of hydrogen-bond donors (Lipinski definition) is 1. The molecule has 2 N–H and O–H groups in total. The van der Waals surface area contributed by atoms with Gasteiger partial charge in [-0.15, -0.1) is 0 Å². The fraction of sp³-hybridized carbons (Fsp3) is 0.556. The minimum atomic E-state index is -4.40. The van der Waals surface area contributed by atoms with Crippen molar-refractivity contribution < 1.29 is 17.6 Å². The number of rotatable bonds is 2. The van der Waals surface area contributed by atoms with E-state index in [9.17, 15) is 13.2 Å². The van der Waals surface area contributed by atoms with E-state index in [0.717, 1.165) is 18.9 Å². The van der Waals surface area contributed by atoms with E-state index in [1.165, 1.54) is 6.07 Å². The molecule has 0 unspecified atom stereocenters. The van der Waals surface area contributed by atoms with Crippen LogP contribution in [-0.2, 0) is 12.6 Å². The average molecular weight is 205 g/mol. The van der Waals surface area contributed by atoms with Gasteiger partial charge in [0.2, 0.25) is 5.76 Å². The second-order valence-electron chi connectivity index (χ2n) is 3.80. The third-order valence-corrected chi connectivity index (χ3v) is 2.36. The Balaban J connectivity index is 2.10. The van der Waals surface area contributed by atoms with Crippen molar-refractivity contribution in [3.05, 3.63) is 23.7 Å². The molecule has 0 aromatic carbocycles. The van der Waals surface area contributed by atoms with Crippen molar-refractivity contribution in [1.82, 2.24) is 0 Å². The van der Waals surface area contributed by atoms with Gasteiger partial charge in [-0.05, 0) is 25.0 Å². The Morgan fingerprint density at radius 3 is 2.43 bits per heavy atom. The SMILES string of the molecule is NC1(Cc2ccc(C(F)(F)F)o2)CC1. The molecule has 14 heavy (non-hydrogen) atoms. The van der Waals surface area contributed by atoms with Gasteiger partial charge in [0, 0.05) is 12.0 Å². The summed E-state index contributed by atoms with van der Waals surface area (Å²) in [6.45, 7) is 0. The van der Waals surface area contributed by atoms with Gasteiger partial charge in [0.15, 0.2) is 0 Å². The highest BCUT2D eigenvalue weighted by Crippen LogP contribution is 2.37. The molecule has 0 spiro atoms. The van der Waals surface area contributed by atoms with Crippen molar-refractivity contribution in [2.24, 2.45) is 5.73 Å². The van der Waals surface area contributed by atoms with Crippen LogP contribution in [0.3, 0.4) is 0 Å². The highest BCUT2D eigenvalue weighted by atomic mass is 19.4. The molecule has 78 valence electrons. The smallest absolute Gasteiger partial charge is 0.449 e. The zero-order valence-corrected chi connectivity index (χ0v) is 7.40. The molecule has 1 aliphatic carbocycles. The first kappa shape index (κ1) is 9.58. The Morgan fingerprint density at radius 2 is 2.00 bits per heavy atom. The largest absolute Gasteiger partial charge is 0.456 e. The van der Waals surface area contributed by atoms with Gasteiger partial charge in [0.25, 0.3) is 0 Å². The van der Waals surface area contributed by atoms with E-state index in [1.807, 2.05) is 0 Å². The lowest BCUT2D eigenvalue weighted by Crippen LogP contribution is -2.24. The summed E-state index contributed by atoms with van der Waals surface area (Å²) in [4.78, 5) is 0. The topological polar surface area (TPSA) is 39.2 Å². The van der Waals surface area contributed by atoms with Crippen LogP contribution in [0.1, 0.15) is 24.4 Å². The van der Waals surface area contributed by atoms with Gasteiger partial charge in [0.05, 0.1) is 0 Å². The maximum absolute atomic E-state index is 12.1. The van der Waals surface area contributed by atoms with Crippen LogP contribution in [0.15, 0.2) is 16.5 Å². The van der Waals surface area contributed by atoms with Crippen LogP contribution in [0.5, 0.6) is 0 Å². The lowest BCUT2D eigenvalue weighted by Gasteiger charge is -2.05. The van der Waals surface area contributed by atoms with E-state index in [4.69, 9.17) is 5.73 Å². The summed E-state index contributed by atoms with van der Waals surface area (Å²) in [5.74, 6) is -0.630. The van der Waals surface area contributed by atoms with Gasteiger partial charge in [-0.2, -0.15) is 13.2 Å². The molecular weight excluding hydrogens is 195 g/mol. The van der Waals surface area contributed by atoms with Crippen molar-refractivity contribution in [2.45, 2.75) is 31.0 Å². The summed E-state index contributed by atoms with van der Waals surface area (Å²) in [7, 11) is 0. The Kier molecular flexibility index (Phi) is 1.89. The summed E-state index contributed by atoms with van der Waals surface area (Å²) in [5.41, 5.74) is 5.44. The predicted molar refractivity (Wildman–Crippen MR) is 43.6 cm³/mol. The van der Waals surface area contributed by atoms with E-state index in [2.05, 4.69) is 4.42 Å².